The Balaban J connectivity index is 2.01. The van der Waals surface area contributed by atoms with Crippen LogP contribution in [0.25, 0.3) is 0 Å². The monoisotopic (exact) mass is 273 g/mol. The van der Waals surface area contributed by atoms with E-state index in [9.17, 15) is 4.79 Å². The normalized spacial score (nSPS) is 10.4. The lowest BCUT2D eigenvalue weighted by molar-refractivity contribution is 0.0952. The van der Waals surface area contributed by atoms with E-state index in [0.717, 1.165) is 18.5 Å². The molecule has 0 saturated carbocycles. The zero-order chi connectivity index (χ0) is 14.2. The van der Waals surface area contributed by atoms with Gasteiger partial charge in [-0.25, -0.2) is 9.67 Å². The van der Waals surface area contributed by atoms with Crippen LogP contribution >= 0.6 is 0 Å². The average Bonchev–Trinajstić information content (AvgIpc) is 2.97. The van der Waals surface area contributed by atoms with Crippen LogP contribution in [-0.2, 0) is 6.54 Å². The Kier molecular flexibility index (Phi) is 5.25. The largest absolute Gasteiger partial charge is 0.352 e. The van der Waals surface area contributed by atoms with Crippen molar-refractivity contribution in [3.8, 4) is 0 Å². The average molecular weight is 273 g/mol. The van der Waals surface area contributed by atoms with Gasteiger partial charge < -0.3 is 10.6 Å². The minimum Gasteiger partial charge on any atom is -0.352 e. The molecule has 0 unspecified atom stereocenters. The van der Waals surface area contributed by atoms with Gasteiger partial charge >= 0.3 is 0 Å². The van der Waals surface area contributed by atoms with E-state index in [2.05, 4.69) is 20.7 Å². The summed E-state index contributed by atoms with van der Waals surface area (Å²) in [7, 11) is 1.90. The number of amides is 1. The van der Waals surface area contributed by atoms with Crippen LogP contribution in [0.2, 0.25) is 0 Å². The molecular weight excluding hydrogens is 254 g/mol. The number of benzene rings is 1. The lowest BCUT2D eigenvalue weighted by Gasteiger charge is -2.10. The second-order valence-corrected chi connectivity index (χ2v) is 4.46. The lowest BCUT2D eigenvalue weighted by atomic mass is 10.1. The smallest absolute Gasteiger partial charge is 0.251 e. The summed E-state index contributed by atoms with van der Waals surface area (Å²) in [4.78, 5) is 16.1. The minimum absolute atomic E-state index is 0.0446. The third-order valence-corrected chi connectivity index (χ3v) is 2.95. The first-order valence-corrected chi connectivity index (χ1v) is 6.64. The van der Waals surface area contributed by atoms with Crippen LogP contribution in [0, 0.1) is 0 Å². The minimum atomic E-state index is -0.0446. The number of carbonyl (C=O) groups excluding carboxylic acids is 1. The van der Waals surface area contributed by atoms with Crippen LogP contribution in [0.15, 0.2) is 36.9 Å². The zero-order valence-corrected chi connectivity index (χ0v) is 11.5. The Morgan fingerprint density at radius 2 is 2.15 bits per heavy atom. The Morgan fingerprint density at radius 3 is 2.90 bits per heavy atom. The van der Waals surface area contributed by atoms with Gasteiger partial charge in [0, 0.05) is 12.1 Å². The molecule has 20 heavy (non-hydrogen) atoms. The molecule has 0 aliphatic heterocycles. The maximum Gasteiger partial charge on any atom is 0.251 e. The van der Waals surface area contributed by atoms with Gasteiger partial charge in [0.15, 0.2) is 0 Å². The second-order valence-electron chi connectivity index (χ2n) is 4.46. The van der Waals surface area contributed by atoms with Gasteiger partial charge in [-0.05, 0) is 31.6 Å². The molecule has 2 N–H and O–H groups in total. The molecule has 6 heteroatoms. The fourth-order valence-corrected chi connectivity index (χ4v) is 1.93. The molecule has 0 aliphatic carbocycles. The van der Waals surface area contributed by atoms with Crippen LogP contribution in [0.3, 0.4) is 0 Å². The van der Waals surface area contributed by atoms with Crippen molar-refractivity contribution in [1.82, 2.24) is 25.4 Å². The fraction of sp³-hybridized carbons (Fsp3) is 0.357. The Labute approximate surface area is 118 Å². The van der Waals surface area contributed by atoms with Gasteiger partial charge in [-0.3, -0.25) is 4.79 Å². The van der Waals surface area contributed by atoms with Crippen LogP contribution in [-0.4, -0.2) is 40.8 Å². The highest BCUT2D eigenvalue weighted by molar-refractivity contribution is 5.95. The van der Waals surface area contributed by atoms with Gasteiger partial charge in [0.25, 0.3) is 5.91 Å². The summed E-state index contributed by atoms with van der Waals surface area (Å²) in [6.07, 6.45) is 4.04. The van der Waals surface area contributed by atoms with Crippen molar-refractivity contribution < 1.29 is 4.79 Å². The summed E-state index contributed by atoms with van der Waals surface area (Å²) in [5.41, 5.74) is 1.62. The number of carbonyl (C=O) groups is 1. The topological polar surface area (TPSA) is 71.8 Å². The summed E-state index contributed by atoms with van der Waals surface area (Å²) < 4.78 is 1.70. The van der Waals surface area contributed by atoms with Crippen molar-refractivity contribution in [3.63, 3.8) is 0 Å². The van der Waals surface area contributed by atoms with Crippen LogP contribution < -0.4 is 10.6 Å². The molecule has 0 atom stereocenters. The number of nitrogens with one attached hydrogen (secondary N) is 2. The first-order valence-electron chi connectivity index (χ1n) is 6.64. The quantitative estimate of drug-likeness (QED) is 0.727. The molecule has 1 heterocycles. The summed E-state index contributed by atoms with van der Waals surface area (Å²) in [5.74, 6) is -0.0446. The second kappa shape index (κ2) is 7.40. The number of hydrogen-bond donors (Lipinski definition) is 2. The maximum absolute atomic E-state index is 12.2. The predicted octanol–water partition coefficient (Wildman–Crippen LogP) is 0.666. The van der Waals surface area contributed by atoms with Gasteiger partial charge in [-0.2, -0.15) is 5.10 Å². The van der Waals surface area contributed by atoms with Gasteiger partial charge in [0.05, 0.1) is 6.54 Å². The van der Waals surface area contributed by atoms with E-state index >= 15 is 0 Å². The molecule has 0 bridgehead atoms. The summed E-state index contributed by atoms with van der Waals surface area (Å²) >= 11 is 0. The van der Waals surface area contributed by atoms with Gasteiger partial charge in [0.1, 0.15) is 12.7 Å². The third kappa shape index (κ3) is 3.89. The molecule has 0 spiro atoms. The first kappa shape index (κ1) is 14.2. The number of aromatic nitrogens is 3. The molecule has 0 aliphatic rings. The molecule has 2 aromatic rings. The van der Waals surface area contributed by atoms with Crippen molar-refractivity contribution in [1.29, 1.82) is 0 Å². The molecular formula is C14H19N5O. The molecule has 0 fully saturated rings. The molecule has 1 aromatic carbocycles. The molecule has 1 aromatic heterocycles. The molecule has 1 amide bonds. The first-order chi connectivity index (χ1) is 9.81. The maximum atomic E-state index is 12.2. The highest BCUT2D eigenvalue weighted by Gasteiger charge is 2.10. The number of hydrogen-bond acceptors (Lipinski definition) is 4. The van der Waals surface area contributed by atoms with E-state index in [0.29, 0.717) is 18.7 Å². The standard InChI is InChI=1S/C14H19N5O/c1-15-7-4-8-17-14(20)13-6-3-2-5-12(13)9-19-11-16-10-18-19/h2-3,5-6,10-11,15H,4,7-9H2,1H3,(H,17,20). The molecule has 0 saturated heterocycles. The van der Waals surface area contributed by atoms with Crippen LogP contribution in [0.1, 0.15) is 22.3 Å². The van der Waals surface area contributed by atoms with Gasteiger partial charge in [-0.1, -0.05) is 18.2 Å². The third-order valence-electron chi connectivity index (χ3n) is 2.95. The van der Waals surface area contributed by atoms with E-state index in [1.807, 2.05) is 31.3 Å². The van der Waals surface area contributed by atoms with E-state index in [-0.39, 0.29) is 5.91 Å². The van der Waals surface area contributed by atoms with Crippen LogP contribution in [0.5, 0.6) is 0 Å². The van der Waals surface area contributed by atoms with Gasteiger partial charge in [0.2, 0.25) is 0 Å². The Hall–Kier alpha value is -2.21. The van der Waals surface area contributed by atoms with E-state index in [1.165, 1.54) is 6.33 Å². The highest BCUT2D eigenvalue weighted by Crippen LogP contribution is 2.10. The number of nitrogens with zero attached hydrogens (tertiary/aromatic N) is 3. The Morgan fingerprint density at radius 1 is 1.30 bits per heavy atom. The van der Waals surface area contributed by atoms with E-state index < -0.39 is 0 Å². The van der Waals surface area contributed by atoms with Crippen molar-refractivity contribution in [2.24, 2.45) is 0 Å². The van der Waals surface area contributed by atoms with Crippen molar-refractivity contribution in [2.75, 3.05) is 20.1 Å². The molecule has 0 radical (unpaired) electrons. The van der Waals surface area contributed by atoms with E-state index in [1.54, 1.807) is 11.0 Å². The SMILES string of the molecule is CNCCCNC(=O)c1ccccc1Cn1cncn1. The highest BCUT2D eigenvalue weighted by atomic mass is 16.1. The van der Waals surface area contributed by atoms with E-state index in [4.69, 9.17) is 0 Å². The van der Waals surface area contributed by atoms with Crippen molar-refractivity contribution in [2.45, 2.75) is 13.0 Å². The predicted molar refractivity (Wildman–Crippen MR) is 76.4 cm³/mol. The zero-order valence-electron chi connectivity index (χ0n) is 11.5. The van der Waals surface area contributed by atoms with Gasteiger partial charge in [-0.15, -0.1) is 0 Å². The van der Waals surface area contributed by atoms with Crippen molar-refractivity contribution >= 4 is 5.91 Å². The summed E-state index contributed by atoms with van der Waals surface area (Å²) in [6.45, 7) is 2.10. The summed E-state index contributed by atoms with van der Waals surface area (Å²) in [6, 6.07) is 7.56. The van der Waals surface area contributed by atoms with Crippen molar-refractivity contribution in [3.05, 3.63) is 48.0 Å². The molecule has 6 nitrogen and oxygen atoms in total. The number of rotatable bonds is 7. The Bertz CT molecular complexity index is 538. The summed E-state index contributed by atoms with van der Waals surface area (Å²) in [5, 5.41) is 10.0. The lowest BCUT2D eigenvalue weighted by Crippen LogP contribution is -2.27. The van der Waals surface area contributed by atoms with Crippen LogP contribution in [0.4, 0.5) is 0 Å². The fourth-order valence-electron chi connectivity index (χ4n) is 1.93. The molecule has 2 rings (SSSR count). The molecule has 106 valence electrons.